The second-order valence-electron chi connectivity index (χ2n) is 27.1. The van der Waals surface area contributed by atoms with Crippen LogP contribution >= 0.6 is 0 Å². The lowest BCUT2D eigenvalue weighted by molar-refractivity contribution is 1.18. The zero-order chi connectivity index (χ0) is 63.1. The lowest BCUT2D eigenvalue weighted by atomic mass is 10.0. The van der Waals surface area contributed by atoms with Gasteiger partial charge in [-0.1, -0.05) is 182 Å². The Balaban J connectivity index is 0.923. The third-order valence-electron chi connectivity index (χ3n) is 22.5. The lowest BCUT2D eigenvalue weighted by Gasteiger charge is -2.12. The molecule has 25 rings (SSSR count). The van der Waals surface area contributed by atoms with Crippen LogP contribution in [0, 0.1) is 0 Å². The molecule has 9 heterocycles. The first-order valence-electron chi connectivity index (χ1n) is 33.8. The second-order valence-corrected chi connectivity index (χ2v) is 27.1. The SMILES string of the molecule is c1cc2cccc3c4nc5c(nc4c(c1)c23)c1c2cc(-n3c4ccccc4c4ccccc43)cc3c4cc(-n6c7ccccc7c7ccccc76)ccc4n(c32)c1c1c5c2cc(-n3c4ccccc4c4ccccc43)cc3c4cc(-n5c6ccccc6c6ccccc65)ccc4n1c32. The third-order valence-corrected chi connectivity index (χ3v) is 22.5. The average Bonchev–Trinajstić information content (AvgIpc) is 1.49. The van der Waals surface area contributed by atoms with Gasteiger partial charge in [0.15, 0.2) is 0 Å². The molecule has 0 aliphatic rings. The van der Waals surface area contributed by atoms with Gasteiger partial charge in [0.05, 0.1) is 88.3 Å². The van der Waals surface area contributed by atoms with E-state index in [0.29, 0.717) is 0 Å². The van der Waals surface area contributed by atoms with Gasteiger partial charge < -0.3 is 27.1 Å². The third kappa shape index (κ3) is 5.95. The maximum Gasteiger partial charge on any atom is 0.100 e. The molecule has 16 aromatic carbocycles. The largest absolute Gasteiger partial charge is 0.309 e. The van der Waals surface area contributed by atoms with Crippen molar-refractivity contribution in [2.45, 2.75) is 0 Å². The molecule has 0 N–H and O–H groups in total. The Hall–Kier alpha value is -13.3. The summed E-state index contributed by atoms with van der Waals surface area (Å²) in [5.74, 6) is 0. The molecule has 0 saturated heterocycles. The van der Waals surface area contributed by atoms with Crippen molar-refractivity contribution in [3.8, 4) is 22.7 Å². The molecule has 9 aromatic heterocycles. The van der Waals surface area contributed by atoms with Crippen LogP contribution in [-0.4, -0.2) is 37.0 Å². The van der Waals surface area contributed by atoms with Crippen LogP contribution in [0.1, 0.15) is 0 Å². The van der Waals surface area contributed by atoms with Crippen molar-refractivity contribution in [2.75, 3.05) is 0 Å². The molecule has 0 saturated carbocycles. The molecule has 0 aliphatic carbocycles. The Morgan fingerprint density at radius 2 is 0.449 bits per heavy atom. The molecule has 0 amide bonds. The first-order valence-corrected chi connectivity index (χ1v) is 33.8. The fourth-order valence-corrected chi connectivity index (χ4v) is 18.7. The minimum atomic E-state index is 0.890. The summed E-state index contributed by atoms with van der Waals surface area (Å²) in [7, 11) is 0. The monoisotopic (exact) mass is 1240 g/mol. The normalized spacial score (nSPS) is 12.9. The standard InChI is InChI=1S/C90H48N8/c1-9-31-70-54(21-1)55-22-2-10-32-71(55)93(70)50-39-41-78-64(43-50)66-45-52(95-74-35-13-5-25-58(74)59-26-6-14-36-75(59)95)47-68-81-85-86(92-84-63-30-18-20-49-19-17-29-62(80(49)63)83(84)91-85)82-69-48-53(96-76-37-15-7-27-60(76)61-28-8-16-38-77(61)96)46-67-65-44-51(94-72-33-11-3-23-56(72)57-24-4-12-34-73(57)94)40-42-79(65)98(88(67)69)90(82)89(81)97(78)87(66)68/h1-48H. The number of hydrogen-bond acceptors (Lipinski definition) is 2. The van der Waals surface area contributed by atoms with E-state index in [-0.39, 0.29) is 0 Å². The van der Waals surface area contributed by atoms with Crippen molar-refractivity contribution in [2.24, 2.45) is 0 Å². The summed E-state index contributed by atoms with van der Waals surface area (Å²) < 4.78 is 15.2. The van der Waals surface area contributed by atoms with Crippen LogP contribution in [0.2, 0.25) is 0 Å². The van der Waals surface area contributed by atoms with Crippen molar-refractivity contribution in [3.05, 3.63) is 291 Å². The summed E-state index contributed by atoms with van der Waals surface area (Å²) in [4.78, 5) is 12.4. The van der Waals surface area contributed by atoms with Crippen LogP contribution in [-0.2, 0) is 0 Å². The van der Waals surface area contributed by atoms with Gasteiger partial charge in [-0.2, -0.15) is 0 Å². The maximum absolute atomic E-state index is 6.19. The predicted octanol–water partition coefficient (Wildman–Crippen LogP) is 23.2. The van der Waals surface area contributed by atoms with E-state index >= 15 is 0 Å². The van der Waals surface area contributed by atoms with Gasteiger partial charge >= 0.3 is 0 Å². The first-order chi connectivity index (χ1) is 48.7. The van der Waals surface area contributed by atoms with Crippen molar-refractivity contribution < 1.29 is 0 Å². The van der Waals surface area contributed by atoms with Crippen molar-refractivity contribution in [3.63, 3.8) is 0 Å². The van der Waals surface area contributed by atoms with Crippen LogP contribution in [0.4, 0.5) is 0 Å². The highest BCUT2D eigenvalue weighted by molar-refractivity contribution is 6.41. The van der Waals surface area contributed by atoms with Crippen LogP contribution in [0.25, 0.3) is 230 Å². The van der Waals surface area contributed by atoms with Gasteiger partial charge in [-0.25, -0.2) is 9.97 Å². The molecule has 25 aromatic rings. The van der Waals surface area contributed by atoms with Crippen LogP contribution < -0.4 is 0 Å². The summed E-state index contributed by atoms with van der Waals surface area (Å²) in [5, 5.41) is 23.6. The average molecular weight is 1240 g/mol. The minimum Gasteiger partial charge on any atom is -0.309 e. The number of hydrogen-bond donors (Lipinski definition) is 0. The summed E-state index contributed by atoms with van der Waals surface area (Å²) >= 11 is 0. The van der Waals surface area contributed by atoms with Crippen LogP contribution in [0.15, 0.2) is 291 Å². The van der Waals surface area contributed by atoms with E-state index in [1.165, 1.54) is 97.5 Å². The number of aromatic nitrogens is 8. The van der Waals surface area contributed by atoms with Gasteiger partial charge in [-0.15, -0.1) is 0 Å². The zero-order valence-electron chi connectivity index (χ0n) is 52.3. The molecule has 0 radical (unpaired) electrons. The Morgan fingerprint density at radius 1 is 0.173 bits per heavy atom. The van der Waals surface area contributed by atoms with Gasteiger partial charge in [-0.05, 0) is 115 Å². The van der Waals surface area contributed by atoms with Gasteiger partial charge in [0.1, 0.15) is 11.0 Å². The van der Waals surface area contributed by atoms with Crippen LogP contribution in [0.3, 0.4) is 0 Å². The maximum atomic E-state index is 6.19. The molecule has 0 unspecified atom stereocenters. The van der Waals surface area contributed by atoms with E-state index in [2.05, 4.69) is 318 Å². The predicted molar refractivity (Wildman–Crippen MR) is 410 cm³/mol. The van der Waals surface area contributed by atoms with Gasteiger partial charge in [0, 0.05) is 125 Å². The Bertz CT molecular complexity index is 7260. The number of para-hydroxylation sites is 8. The highest BCUT2D eigenvalue weighted by atomic mass is 15.0. The van der Waals surface area contributed by atoms with Gasteiger partial charge in [0.2, 0.25) is 0 Å². The van der Waals surface area contributed by atoms with Crippen molar-refractivity contribution in [1.82, 2.24) is 37.0 Å². The second kappa shape index (κ2) is 17.5. The molecule has 8 heteroatoms. The van der Waals surface area contributed by atoms with E-state index < -0.39 is 0 Å². The van der Waals surface area contributed by atoms with Crippen LogP contribution in [0.5, 0.6) is 0 Å². The number of nitrogens with zero attached hydrogens (tertiary/aromatic N) is 8. The van der Waals surface area contributed by atoms with E-state index in [1.807, 2.05) is 0 Å². The number of benzene rings is 15. The Kier molecular flexibility index (Phi) is 8.98. The molecule has 0 bridgehead atoms. The molecule has 0 aliphatic heterocycles. The van der Waals surface area contributed by atoms with Crippen molar-refractivity contribution in [1.29, 1.82) is 0 Å². The molecule has 448 valence electrons. The van der Waals surface area contributed by atoms with E-state index in [4.69, 9.17) is 9.97 Å². The van der Waals surface area contributed by atoms with Crippen molar-refractivity contribution >= 4 is 207 Å². The summed E-state index contributed by atoms with van der Waals surface area (Å²) in [5.41, 5.74) is 24.1. The summed E-state index contributed by atoms with van der Waals surface area (Å²) in [6.07, 6.45) is 0. The molecule has 0 atom stereocenters. The highest BCUT2D eigenvalue weighted by Crippen LogP contribution is 2.53. The fourth-order valence-electron chi connectivity index (χ4n) is 18.7. The zero-order valence-corrected chi connectivity index (χ0v) is 52.3. The highest BCUT2D eigenvalue weighted by Gasteiger charge is 2.32. The van der Waals surface area contributed by atoms with E-state index in [0.717, 1.165) is 132 Å². The Labute approximate surface area is 554 Å². The fraction of sp³-hybridized carbons (Fsp3) is 0. The smallest absolute Gasteiger partial charge is 0.100 e. The molecule has 8 nitrogen and oxygen atoms in total. The minimum absolute atomic E-state index is 0.890. The molecular weight excluding hydrogens is 1190 g/mol. The molecular formula is C90H48N8. The molecule has 0 fully saturated rings. The quantitative estimate of drug-likeness (QED) is 0.176. The number of fused-ring (bicyclic) bond motifs is 31. The van der Waals surface area contributed by atoms with Gasteiger partial charge in [-0.3, -0.25) is 0 Å². The Morgan fingerprint density at radius 3 is 0.776 bits per heavy atom. The summed E-state index contributed by atoms with van der Waals surface area (Å²) in [6, 6.07) is 109. The van der Waals surface area contributed by atoms with Gasteiger partial charge in [0.25, 0.3) is 0 Å². The van der Waals surface area contributed by atoms with E-state index in [1.54, 1.807) is 0 Å². The molecule has 0 spiro atoms. The summed E-state index contributed by atoms with van der Waals surface area (Å²) in [6.45, 7) is 0. The lowest BCUT2D eigenvalue weighted by Crippen LogP contribution is -1.96. The topological polar surface area (TPSA) is 54.3 Å². The number of rotatable bonds is 4. The first kappa shape index (κ1) is 50.2. The molecule has 98 heavy (non-hydrogen) atoms. The van der Waals surface area contributed by atoms with E-state index in [9.17, 15) is 0 Å².